The molecule has 0 fully saturated rings. The second-order valence-electron chi connectivity index (χ2n) is 3.54. The highest BCUT2D eigenvalue weighted by Crippen LogP contribution is 2.38. The van der Waals surface area contributed by atoms with Crippen LogP contribution in [0.1, 0.15) is 5.82 Å². The summed E-state index contributed by atoms with van der Waals surface area (Å²) in [5, 5.41) is 20.4. The number of aromatic nitrogens is 4. The minimum absolute atomic E-state index is 0.230. The number of hydrogen-bond donors (Lipinski definition) is 1. The van der Waals surface area contributed by atoms with Crippen LogP contribution in [0.4, 0.5) is 0 Å². The molecule has 0 unspecified atom stereocenters. The van der Waals surface area contributed by atoms with Gasteiger partial charge in [-0.1, -0.05) is 0 Å². The van der Waals surface area contributed by atoms with E-state index >= 15 is 0 Å². The van der Waals surface area contributed by atoms with E-state index in [-0.39, 0.29) is 12.4 Å². The Labute approximate surface area is 109 Å². The maximum absolute atomic E-state index is 8.93. The molecule has 0 aliphatic carbocycles. The van der Waals surface area contributed by atoms with Crippen molar-refractivity contribution in [3.05, 3.63) is 18.0 Å². The molecule has 0 aliphatic heterocycles. The van der Waals surface area contributed by atoms with Crippen molar-refractivity contribution in [1.29, 1.82) is 0 Å². The molecule has 0 saturated heterocycles. The maximum atomic E-state index is 8.93. The van der Waals surface area contributed by atoms with Crippen molar-refractivity contribution in [2.75, 3.05) is 21.3 Å². The Morgan fingerprint density at radius 2 is 1.74 bits per heavy atom. The molecular formula is C11H14N4O4. The highest BCUT2D eigenvalue weighted by Gasteiger charge is 2.15. The van der Waals surface area contributed by atoms with Gasteiger partial charge in [0.15, 0.2) is 11.5 Å². The molecule has 8 heteroatoms. The minimum atomic E-state index is -0.273. The molecule has 0 amide bonds. The first-order valence-electron chi connectivity index (χ1n) is 5.43. The summed E-state index contributed by atoms with van der Waals surface area (Å²) in [5.74, 6) is 1.68. The molecule has 2 rings (SSSR count). The third-order valence-corrected chi connectivity index (χ3v) is 2.48. The molecule has 0 atom stereocenters. The molecular weight excluding hydrogens is 252 g/mol. The average molecular weight is 266 g/mol. The standard InChI is InChI=1S/C11H14N4O4/c1-17-8-4-7(5-9(18-2)11(8)19-3)15-13-10(6-16)12-14-15/h4-5,16H,6H2,1-3H3. The predicted octanol–water partition coefficient (Wildman–Crippen LogP) is 0.180. The van der Waals surface area contributed by atoms with E-state index in [1.54, 1.807) is 12.1 Å². The van der Waals surface area contributed by atoms with Crippen LogP contribution in [0.15, 0.2) is 12.1 Å². The fourth-order valence-electron chi connectivity index (χ4n) is 1.60. The van der Waals surface area contributed by atoms with Gasteiger partial charge in [-0.25, -0.2) is 0 Å². The van der Waals surface area contributed by atoms with E-state index in [0.717, 1.165) is 0 Å². The van der Waals surface area contributed by atoms with Gasteiger partial charge in [0.05, 0.1) is 27.0 Å². The van der Waals surface area contributed by atoms with Gasteiger partial charge in [0.25, 0.3) is 0 Å². The first-order chi connectivity index (χ1) is 9.23. The molecule has 1 N–H and O–H groups in total. The molecule has 0 bridgehead atoms. The van der Waals surface area contributed by atoms with Crippen LogP contribution >= 0.6 is 0 Å². The van der Waals surface area contributed by atoms with Gasteiger partial charge >= 0.3 is 0 Å². The number of hydrogen-bond acceptors (Lipinski definition) is 7. The van der Waals surface area contributed by atoms with Gasteiger partial charge in [-0.15, -0.1) is 15.0 Å². The Bertz CT molecular complexity index is 545. The lowest BCUT2D eigenvalue weighted by atomic mass is 10.2. The summed E-state index contributed by atoms with van der Waals surface area (Å²) in [6.07, 6.45) is 0. The van der Waals surface area contributed by atoms with Crippen LogP contribution in [-0.4, -0.2) is 46.6 Å². The molecule has 2 aromatic rings. The van der Waals surface area contributed by atoms with Gasteiger partial charge in [0.2, 0.25) is 11.6 Å². The second kappa shape index (κ2) is 5.53. The molecule has 0 saturated carbocycles. The van der Waals surface area contributed by atoms with Gasteiger partial charge in [-0.3, -0.25) is 0 Å². The molecule has 19 heavy (non-hydrogen) atoms. The van der Waals surface area contributed by atoms with Crippen molar-refractivity contribution in [1.82, 2.24) is 20.2 Å². The maximum Gasteiger partial charge on any atom is 0.203 e. The van der Waals surface area contributed by atoms with E-state index in [1.165, 1.54) is 26.1 Å². The fourth-order valence-corrected chi connectivity index (χ4v) is 1.60. The third-order valence-electron chi connectivity index (χ3n) is 2.48. The van der Waals surface area contributed by atoms with Gasteiger partial charge < -0.3 is 19.3 Å². The zero-order chi connectivity index (χ0) is 13.8. The topological polar surface area (TPSA) is 91.5 Å². The lowest BCUT2D eigenvalue weighted by Gasteiger charge is -2.13. The summed E-state index contributed by atoms with van der Waals surface area (Å²) in [6.45, 7) is -0.273. The molecule has 102 valence electrons. The number of methoxy groups -OCH3 is 3. The Hall–Kier alpha value is -2.35. The predicted molar refractivity (Wildman–Crippen MR) is 64.7 cm³/mol. The van der Waals surface area contributed by atoms with Crippen LogP contribution in [-0.2, 0) is 6.61 Å². The summed E-state index contributed by atoms with van der Waals surface area (Å²) >= 11 is 0. The van der Waals surface area contributed by atoms with Gasteiger partial charge in [0.1, 0.15) is 6.61 Å². The highest BCUT2D eigenvalue weighted by molar-refractivity contribution is 5.57. The van der Waals surface area contributed by atoms with Gasteiger partial charge in [0, 0.05) is 12.1 Å². The lowest BCUT2D eigenvalue weighted by Crippen LogP contribution is -2.02. The van der Waals surface area contributed by atoms with Gasteiger partial charge in [-0.2, -0.15) is 0 Å². The third kappa shape index (κ3) is 2.43. The zero-order valence-electron chi connectivity index (χ0n) is 10.8. The van der Waals surface area contributed by atoms with Crippen molar-refractivity contribution < 1.29 is 19.3 Å². The van der Waals surface area contributed by atoms with Crippen molar-refractivity contribution in [2.24, 2.45) is 0 Å². The minimum Gasteiger partial charge on any atom is -0.493 e. The fraction of sp³-hybridized carbons (Fsp3) is 0.364. The van der Waals surface area contributed by atoms with Crippen molar-refractivity contribution in [3.8, 4) is 22.9 Å². The number of aliphatic hydroxyl groups excluding tert-OH is 1. The van der Waals surface area contributed by atoms with Gasteiger partial charge in [-0.05, 0) is 5.21 Å². The zero-order valence-corrected chi connectivity index (χ0v) is 10.8. The summed E-state index contributed by atoms with van der Waals surface area (Å²) in [4.78, 5) is 1.27. The monoisotopic (exact) mass is 266 g/mol. The quantitative estimate of drug-likeness (QED) is 0.825. The normalized spacial score (nSPS) is 10.3. The van der Waals surface area contributed by atoms with Crippen LogP contribution in [0.5, 0.6) is 17.2 Å². The number of aliphatic hydroxyl groups is 1. The van der Waals surface area contributed by atoms with E-state index < -0.39 is 0 Å². The van der Waals surface area contributed by atoms with E-state index in [0.29, 0.717) is 22.9 Å². The first kappa shape index (κ1) is 13.1. The van der Waals surface area contributed by atoms with E-state index in [2.05, 4.69) is 15.4 Å². The number of tetrazole rings is 1. The summed E-state index contributed by atoms with van der Waals surface area (Å²) in [5.41, 5.74) is 0.585. The second-order valence-corrected chi connectivity index (χ2v) is 3.54. The lowest BCUT2D eigenvalue weighted by molar-refractivity contribution is 0.271. The van der Waals surface area contributed by atoms with Crippen LogP contribution in [0.2, 0.25) is 0 Å². The molecule has 0 spiro atoms. The van der Waals surface area contributed by atoms with Crippen LogP contribution < -0.4 is 14.2 Å². The van der Waals surface area contributed by atoms with Crippen molar-refractivity contribution in [2.45, 2.75) is 6.61 Å². The first-order valence-corrected chi connectivity index (χ1v) is 5.43. The van der Waals surface area contributed by atoms with Crippen molar-refractivity contribution in [3.63, 3.8) is 0 Å². The molecule has 0 aliphatic rings. The Morgan fingerprint density at radius 1 is 1.11 bits per heavy atom. The smallest absolute Gasteiger partial charge is 0.203 e. The van der Waals surface area contributed by atoms with E-state index in [9.17, 15) is 0 Å². The summed E-state index contributed by atoms with van der Waals surface area (Å²) in [6, 6.07) is 3.37. The molecule has 8 nitrogen and oxygen atoms in total. The van der Waals surface area contributed by atoms with E-state index in [1.807, 2.05) is 0 Å². The largest absolute Gasteiger partial charge is 0.493 e. The molecule has 1 aromatic carbocycles. The molecule has 1 aromatic heterocycles. The summed E-state index contributed by atoms with van der Waals surface area (Å²) in [7, 11) is 4.57. The molecule has 1 heterocycles. The Balaban J connectivity index is 2.51. The number of ether oxygens (including phenoxy) is 3. The number of rotatable bonds is 5. The Kier molecular flexibility index (Phi) is 3.81. The van der Waals surface area contributed by atoms with Crippen LogP contribution in [0, 0.1) is 0 Å². The molecule has 0 radical (unpaired) electrons. The average Bonchev–Trinajstić information content (AvgIpc) is 2.94. The van der Waals surface area contributed by atoms with Crippen LogP contribution in [0.3, 0.4) is 0 Å². The number of benzene rings is 1. The number of nitrogens with zero attached hydrogens (tertiary/aromatic N) is 4. The highest BCUT2D eigenvalue weighted by atomic mass is 16.5. The van der Waals surface area contributed by atoms with E-state index in [4.69, 9.17) is 19.3 Å². The van der Waals surface area contributed by atoms with Crippen molar-refractivity contribution >= 4 is 0 Å². The summed E-state index contributed by atoms with van der Waals surface area (Å²) < 4.78 is 15.7. The van der Waals surface area contributed by atoms with Crippen LogP contribution in [0.25, 0.3) is 5.69 Å². The Morgan fingerprint density at radius 3 is 2.16 bits per heavy atom. The SMILES string of the molecule is COc1cc(-n2nnc(CO)n2)cc(OC)c1OC.